The summed E-state index contributed by atoms with van der Waals surface area (Å²) in [6, 6.07) is 5.03. The van der Waals surface area contributed by atoms with Crippen LogP contribution in [0.15, 0.2) is 22.7 Å². The van der Waals surface area contributed by atoms with Crippen molar-refractivity contribution in [3.8, 4) is 0 Å². The molecular weight excluding hydrogens is 318 g/mol. The first-order valence-corrected chi connectivity index (χ1v) is 7.03. The molecule has 0 atom stereocenters. The van der Waals surface area contributed by atoms with E-state index >= 15 is 0 Å². The molecule has 0 fully saturated rings. The predicted octanol–water partition coefficient (Wildman–Crippen LogP) is 3.38. The smallest absolute Gasteiger partial charge is 0.251 e. The molecule has 0 bridgehead atoms. The quantitative estimate of drug-likeness (QED) is 0.867. The second-order valence-electron chi connectivity index (χ2n) is 4.23. The number of aliphatic hydroxyl groups is 1. The van der Waals surface area contributed by atoms with E-state index < -0.39 is 5.54 Å². The van der Waals surface area contributed by atoms with E-state index in [9.17, 15) is 9.90 Å². The lowest BCUT2D eigenvalue weighted by molar-refractivity contribution is 0.0818. The zero-order valence-electron chi connectivity index (χ0n) is 10.5. The van der Waals surface area contributed by atoms with Crippen molar-refractivity contribution in [3.63, 3.8) is 0 Å². The van der Waals surface area contributed by atoms with Crippen molar-refractivity contribution in [2.45, 2.75) is 32.2 Å². The topological polar surface area (TPSA) is 49.3 Å². The Morgan fingerprint density at radius 3 is 2.50 bits per heavy atom. The van der Waals surface area contributed by atoms with E-state index in [0.29, 0.717) is 23.4 Å². The van der Waals surface area contributed by atoms with Crippen molar-refractivity contribution < 1.29 is 9.90 Å². The van der Waals surface area contributed by atoms with Gasteiger partial charge in [0.15, 0.2) is 0 Å². The van der Waals surface area contributed by atoms with Crippen LogP contribution in [0.5, 0.6) is 0 Å². The molecule has 0 spiro atoms. The summed E-state index contributed by atoms with van der Waals surface area (Å²) >= 11 is 9.23. The molecule has 100 valence electrons. The Labute approximate surface area is 121 Å². The Balaban J connectivity index is 2.90. The highest BCUT2D eigenvalue weighted by Crippen LogP contribution is 2.24. The van der Waals surface area contributed by atoms with Gasteiger partial charge in [0.05, 0.1) is 17.2 Å². The Morgan fingerprint density at radius 1 is 1.44 bits per heavy atom. The number of hydrogen-bond donors (Lipinski definition) is 2. The zero-order chi connectivity index (χ0) is 13.8. The number of carbonyl (C=O) groups excluding carboxylic acids is 1. The van der Waals surface area contributed by atoms with Gasteiger partial charge in [-0.05, 0) is 47.0 Å². The molecule has 18 heavy (non-hydrogen) atoms. The number of carbonyl (C=O) groups is 1. The van der Waals surface area contributed by atoms with Gasteiger partial charge in [-0.15, -0.1) is 0 Å². The molecule has 0 saturated heterocycles. The molecule has 1 amide bonds. The fraction of sp³-hybridized carbons (Fsp3) is 0.462. The first-order valence-electron chi connectivity index (χ1n) is 5.86. The van der Waals surface area contributed by atoms with Crippen molar-refractivity contribution >= 4 is 33.4 Å². The molecule has 0 aliphatic heterocycles. The van der Waals surface area contributed by atoms with Gasteiger partial charge in [0.2, 0.25) is 0 Å². The summed E-state index contributed by atoms with van der Waals surface area (Å²) < 4.78 is 0.750. The number of halogens is 2. The van der Waals surface area contributed by atoms with Crippen LogP contribution in [0.2, 0.25) is 5.02 Å². The van der Waals surface area contributed by atoms with E-state index in [1.807, 2.05) is 13.8 Å². The molecule has 0 aliphatic rings. The van der Waals surface area contributed by atoms with Crippen LogP contribution in [0.25, 0.3) is 0 Å². The molecule has 0 aliphatic carbocycles. The van der Waals surface area contributed by atoms with Gasteiger partial charge >= 0.3 is 0 Å². The minimum Gasteiger partial charge on any atom is -0.394 e. The molecule has 0 unspecified atom stereocenters. The highest BCUT2D eigenvalue weighted by Gasteiger charge is 2.27. The molecular formula is C13H17BrClNO2. The van der Waals surface area contributed by atoms with Gasteiger partial charge in [0, 0.05) is 10.0 Å². The van der Waals surface area contributed by atoms with Gasteiger partial charge in [0.25, 0.3) is 5.91 Å². The van der Waals surface area contributed by atoms with Gasteiger partial charge < -0.3 is 10.4 Å². The van der Waals surface area contributed by atoms with Crippen molar-refractivity contribution in [2.24, 2.45) is 0 Å². The average Bonchev–Trinajstić information content (AvgIpc) is 2.39. The molecule has 0 heterocycles. The number of rotatable bonds is 5. The lowest BCUT2D eigenvalue weighted by Gasteiger charge is -2.30. The van der Waals surface area contributed by atoms with Crippen molar-refractivity contribution in [3.05, 3.63) is 33.3 Å². The number of nitrogens with one attached hydrogen (secondary N) is 1. The summed E-state index contributed by atoms with van der Waals surface area (Å²) in [7, 11) is 0. The summed E-state index contributed by atoms with van der Waals surface area (Å²) in [5.74, 6) is -0.220. The molecule has 1 aromatic rings. The van der Waals surface area contributed by atoms with Crippen LogP contribution >= 0.6 is 27.5 Å². The summed E-state index contributed by atoms with van der Waals surface area (Å²) in [6.45, 7) is 3.80. The predicted molar refractivity (Wildman–Crippen MR) is 77.0 cm³/mol. The number of amides is 1. The van der Waals surface area contributed by atoms with E-state index in [1.54, 1.807) is 18.2 Å². The lowest BCUT2D eigenvalue weighted by atomic mass is 9.93. The average molecular weight is 335 g/mol. The zero-order valence-corrected chi connectivity index (χ0v) is 12.8. The van der Waals surface area contributed by atoms with Gasteiger partial charge in [-0.2, -0.15) is 0 Å². The SMILES string of the molecule is CCC(CC)(CO)NC(=O)c1ccc(Br)c(Cl)c1. The molecule has 2 N–H and O–H groups in total. The van der Waals surface area contributed by atoms with Crippen LogP contribution in [0.3, 0.4) is 0 Å². The Bertz CT molecular complexity index is 425. The third kappa shape index (κ3) is 3.46. The fourth-order valence-corrected chi connectivity index (χ4v) is 2.07. The van der Waals surface area contributed by atoms with E-state index in [2.05, 4.69) is 21.2 Å². The van der Waals surface area contributed by atoms with Crippen LogP contribution in [0.1, 0.15) is 37.0 Å². The van der Waals surface area contributed by atoms with Crippen LogP contribution in [0, 0.1) is 0 Å². The third-order valence-electron chi connectivity index (χ3n) is 3.22. The largest absolute Gasteiger partial charge is 0.394 e. The second-order valence-corrected chi connectivity index (χ2v) is 5.49. The number of hydrogen-bond acceptors (Lipinski definition) is 2. The summed E-state index contributed by atoms with van der Waals surface area (Å²) in [6.07, 6.45) is 1.35. The van der Waals surface area contributed by atoms with E-state index in [1.165, 1.54) is 0 Å². The summed E-state index contributed by atoms with van der Waals surface area (Å²) in [4.78, 5) is 12.1. The van der Waals surface area contributed by atoms with Crippen molar-refractivity contribution in [1.82, 2.24) is 5.32 Å². The van der Waals surface area contributed by atoms with Crippen molar-refractivity contribution in [1.29, 1.82) is 0 Å². The maximum Gasteiger partial charge on any atom is 0.251 e. The molecule has 0 saturated carbocycles. The lowest BCUT2D eigenvalue weighted by Crippen LogP contribution is -2.50. The van der Waals surface area contributed by atoms with Gasteiger partial charge in [0.1, 0.15) is 0 Å². The highest BCUT2D eigenvalue weighted by molar-refractivity contribution is 9.10. The maximum absolute atomic E-state index is 12.1. The van der Waals surface area contributed by atoms with Gasteiger partial charge in [-0.25, -0.2) is 0 Å². The number of benzene rings is 1. The standard InChI is InChI=1S/C13H17BrClNO2/c1-3-13(4-2,8-17)16-12(18)9-5-6-10(14)11(15)7-9/h5-7,17H,3-4,8H2,1-2H3,(H,16,18). The second kappa shape index (κ2) is 6.55. The highest BCUT2D eigenvalue weighted by atomic mass is 79.9. The monoisotopic (exact) mass is 333 g/mol. The normalized spacial score (nSPS) is 11.4. The molecule has 3 nitrogen and oxygen atoms in total. The molecule has 5 heteroatoms. The first kappa shape index (κ1) is 15.5. The van der Waals surface area contributed by atoms with Crippen LogP contribution in [-0.2, 0) is 0 Å². The Morgan fingerprint density at radius 2 is 2.06 bits per heavy atom. The van der Waals surface area contributed by atoms with Gasteiger partial charge in [-0.3, -0.25) is 4.79 Å². The van der Waals surface area contributed by atoms with Crippen LogP contribution in [-0.4, -0.2) is 23.2 Å². The minimum absolute atomic E-state index is 0.0734. The maximum atomic E-state index is 12.1. The molecule has 1 aromatic carbocycles. The first-order chi connectivity index (χ1) is 8.48. The Kier molecular flexibility index (Phi) is 5.63. The van der Waals surface area contributed by atoms with Gasteiger partial charge in [-0.1, -0.05) is 25.4 Å². The van der Waals surface area contributed by atoms with E-state index in [-0.39, 0.29) is 12.5 Å². The Hall–Kier alpha value is -0.580. The van der Waals surface area contributed by atoms with Crippen LogP contribution < -0.4 is 5.32 Å². The van der Waals surface area contributed by atoms with E-state index in [4.69, 9.17) is 11.6 Å². The minimum atomic E-state index is -0.559. The van der Waals surface area contributed by atoms with Crippen LogP contribution in [0.4, 0.5) is 0 Å². The summed E-state index contributed by atoms with van der Waals surface area (Å²) in [5, 5.41) is 12.8. The van der Waals surface area contributed by atoms with E-state index in [0.717, 1.165) is 4.47 Å². The molecule has 0 aromatic heterocycles. The number of aliphatic hydroxyl groups excluding tert-OH is 1. The molecule has 0 radical (unpaired) electrons. The third-order valence-corrected chi connectivity index (χ3v) is 4.45. The fourth-order valence-electron chi connectivity index (χ4n) is 1.64. The molecule has 1 rings (SSSR count). The van der Waals surface area contributed by atoms with Crippen molar-refractivity contribution in [2.75, 3.05) is 6.61 Å². The summed E-state index contributed by atoms with van der Waals surface area (Å²) in [5.41, 5.74) is -0.0701.